The van der Waals surface area contributed by atoms with Crippen LogP contribution in [0.25, 0.3) is 0 Å². The maximum absolute atomic E-state index is 12.4. The first-order valence-corrected chi connectivity index (χ1v) is 10.4. The Kier molecular flexibility index (Phi) is 6.03. The Morgan fingerprint density at radius 3 is 2.81 bits per heavy atom. The number of thioether (sulfide) groups is 1. The number of amides is 2. The molecule has 0 bridgehead atoms. The molecule has 31 heavy (non-hydrogen) atoms. The van der Waals surface area contributed by atoms with E-state index in [9.17, 15) is 9.59 Å². The van der Waals surface area contributed by atoms with Crippen LogP contribution in [-0.4, -0.2) is 44.6 Å². The average Bonchev–Trinajstić information content (AvgIpc) is 3.37. The van der Waals surface area contributed by atoms with Gasteiger partial charge in [-0.05, 0) is 52.7 Å². The van der Waals surface area contributed by atoms with Crippen LogP contribution >= 0.6 is 11.8 Å². The molecule has 0 aliphatic carbocycles. The number of nitrogens with zero attached hydrogens (tertiary/aromatic N) is 4. The topological polar surface area (TPSA) is 120 Å². The molecule has 3 aromatic rings. The predicted octanol–water partition coefficient (Wildman–Crippen LogP) is 2.45. The number of tetrazole rings is 1. The molecule has 10 nitrogen and oxygen atoms in total. The van der Waals surface area contributed by atoms with Crippen LogP contribution in [0.3, 0.4) is 0 Å². The Hall–Kier alpha value is -3.60. The molecule has 0 unspecified atom stereocenters. The number of ether oxygens (including phenoxy) is 2. The highest BCUT2D eigenvalue weighted by atomic mass is 32.2. The Morgan fingerprint density at radius 2 is 1.97 bits per heavy atom. The lowest BCUT2D eigenvalue weighted by atomic mass is 10.2. The molecule has 160 valence electrons. The predicted molar refractivity (Wildman–Crippen MR) is 114 cm³/mol. The lowest BCUT2D eigenvalue weighted by Gasteiger charge is -2.10. The van der Waals surface area contributed by atoms with Gasteiger partial charge in [0.15, 0.2) is 11.5 Å². The Morgan fingerprint density at radius 1 is 1.13 bits per heavy atom. The van der Waals surface area contributed by atoms with Gasteiger partial charge < -0.3 is 20.1 Å². The Bertz CT molecular complexity index is 1130. The lowest BCUT2D eigenvalue weighted by Crippen LogP contribution is -2.15. The van der Waals surface area contributed by atoms with Gasteiger partial charge in [-0.3, -0.25) is 9.59 Å². The SMILES string of the molecule is CC(=O)Nc1cc(NC(=O)CSc2nnnn2Cc2ccc3c(c2)OCO3)ccc1C. The first-order chi connectivity index (χ1) is 15.0. The smallest absolute Gasteiger partial charge is 0.234 e. The Balaban J connectivity index is 1.35. The highest BCUT2D eigenvalue weighted by Crippen LogP contribution is 2.32. The van der Waals surface area contributed by atoms with Crippen molar-refractivity contribution in [1.29, 1.82) is 0 Å². The van der Waals surface area contributed by atoms with Crippen LogP contribution in [-0.2, 0) is 16.1 Å². The third-order valence-corrected chi connectivity index (χ3v) is 5.39. The largest absolute Gasteiger partial charge is 0.454 e. The van der Waals surface area contributed by atoms with Crippen LogP contribution in [0.5, 0.6) is 11.5 Å². The lowest BCUT2D eigenvalue weighted by molar-refractivity contribution is -0.114. The van der Waals surface area contributed by atoms with E-state index in [-0.39, 0.29) is 24.4 Å². The van der Waals surface area contributed by atoms with Crippen LogP contribution in [0.15, 0.2) is 41.6 Å². The number of aromatic nitrogens is 4. The van der Waals surface area contributed by atoms with Crippen LogP contribution in [0.4, 0.5) is 11.4 Å². The summed E-state index contributed by atoms with van der Waals surface area (Å²) >= 11 is 1.23. The first kappa shape index (κ1) is 20.7. The van der Waals surface area contributed by atoms with Crippen molar-refractivity contribution in [3.63, 3.8) is 0 Å². The van der Waals surface area contributed by atoms with Gasteiger partial charge in [-0.1, -0.05) is 23.9 Å². The summed E-state index contributed by atoms with van der Waals surface area (Å²) in [6.07, 6.45) is 0. The quantitative estimate of drug-likeness (QED) is 0.538. The van der Waals surface area contributed by atoms with Gasteiger partial charge >= 0.3 is 0 Å². The maximum atomic E-state index is 12.4. The first-order valence-electron chi connectivity index (χ1n) is 9.43. The summed E-state index contributed by atoms with van der Waals surface area (Å²) < 4.78 is 12.3. The standard InChI is InChI=1S/C20H20N6O4S/c1-12-3-5-15(8-16(12)21-13(2)27)22-19(28)10-31-20-23-24-25-26(20)9-14-4-6-17-18(7-14)30-11-29-17/h3-8H,9-11H2,1-2H3,(H,21,27)(H,22,28). The minimum absolute atomic E-state index is 0.130. The van der Waals surface area contributed by atoms with E-state index >= 15 is 0 Å². The zero-order valence-corrected chi connectivity index (χ0v) is 17.7. The van der Waals surface area contributed by atoms with Gasteiger partial charge in [0.25, 0.3) is 0 Å². The number of hydrogen-bond acceptors (Lipinski definition) is 8. The molecule has 0 saturated heterocycles. The van der Waals surface area contributed by atoms with Crippen molar-refractivity contribution in [3.8, 4) is 11.5 Å². The minimum atomic E-state index is -0.208. The van der Waals surface area contributed by atoms with Crippen molar-refractivity contribution < 1.29 is 19.1 Å². The molecule has 4 rings (SSSR count). The van der Waals surface area contributed by atoms with Crippen LogP contribution in [0.1, 0.15) is 18.1 Å². The van der Waals surface area contributed by atoms with Gasteiger partial charge in [0.05, 0.1) is 12.3 Å². The van der Waals surface area contributed by atoms with E-state index < -0.39 is 0 Å². The van der Waals surface area contributed by atoms with Crippen LogP contribution in [0.2, 0.25) is 0 Å². The van der Waals surface area contributed by atoms with Crippen molar-refractivity contribution in [2.75, 3.05) is 23.2 Å². The highest BCUT2D eigenvalue weighted by Gasteiger charge is 2.15. The molecule has 2 amide bonds. The fourth-order valence-corrected chi connectivity index (χ4v) is 3.64. The fourth-order valence-electron chi connectivity index (χ4n) is 2.96. The molecule has 11 heteroatoms. The molecule has 0 fully saturated rings. The van der Waals surface area contributed by atoms with Crippen LogP contribution < -0.4 is 20.1 Å². The monoisotopic (exact) mass is 440 g/mol. The second-order valence-electron chi connectivity index (χ2n) is 6.85. The van der Waals surface area contributed by atoms with Crippen molar-refractivity contribution >= 4 is 35.0 Å². The molecule has 0 radical (unpaired) electrons. The fraction of sp³-hybridized carbons (Fsp3) is 0.250. The van der Waals surface area contributed by atoms with Crippen molar-refractivity contribution in [1.82, 2.24) is 20.2 Å². The molecule has 0 spiro atoms. The number of carbonyl (C=O) groups excluding carboxylic acids is 2. The van der Waals surface area contributed by atoms with E-state index in [1.807, 2.05) is 31.2 Å². The number of carbonyl (C=O) groups is 2. The molecule has 2 N–H and O–H groups in total. The van der Waals surface area contributed by atoms with E-state index in [1.165, 1.54) is 18.7 Å². The number of fused-ring (bicyclic) bond motifs is 1. The molecule has 0 saturated carbocycles. The van der Waals surface area contributed by atoms with Gasteiger partial charge in [0, 0.05) is 18.3 Å². The summed E-state index contributed by atoms with van der Waals surface area (Å²) in [5.74, 6) is 1.15. The number of hydrogen-bond donors (Lipinski definition) is 2. The van der Waals surface area contributed by atoms with Crippen LogP contribution in [0, 0.1) is 6.92 Å². The van der Waals surface area contributed by atoms with Gasteiger partial charge in [-0.25, -0.2) is 4.68 Å². The van der Waals surface area contributed by atoms with E-state index in [0.29, 0.717) is 34.6 Å². The summed E-state index contributed by atoms with van der Waals surface area (Å²) in [5, 5.41) is 17.8. The number of benzene rings is 2. The third kappa shape index (κ3) is 5.12. The van der Waals surface area contributed by atoms with Gasteiger partial charge in [-0.15, -0.1) is 5.10 Å². The molecular formula is C20H20N6O4S. The second-order valence-corrected chi connectivity index (χ2v) is 7.80. The molecule has 2 heterocycles. The maximum Gasteiger partial charge on any atom is 0.234 e. The minimum Gasteiger partial charge on any atom is -0.454 e. The number of anilines is 2. The normalized spacial score (nSPS) is 11.9. The van der Waals surface area contributed by atoms with E-state index in [4.69, 9.17) is 9.47 Å². The average molecular weight is 440 g/mol. The molecule has 1 aliphatic rings. The van der Waals surface area contributed by atoms with Gasteiger partial charge in [-0.2, -0.15) is 0 Å². The zero-order chi connectivity index (χ0) is 21.8. The highest BCUT2D eigenvalue weighted by molar-refractivity contribution is 7.99. The Labute approximate surface area is 182 Å². The summed E-state index contributed by atoms with van der Waals surface area (Å²) in [5.41, 5.74) is 3.11. The van der Waals surface area contributed by atoms with Crippen molar-refractivity contribution in [3.05, 3.63) is 47.5 Å². The van der Waals surface area contributed by atoms with E-state index in [0.717, 1.165) is 11.1 Å². The number of rotatable bonds is 7. The van der Waals surface area contributed by atoms with E-state index in [1.54, 1.807) is 16.8 Å². The summed E-state index contributed by atoms with van der Waals surface area (Å²) in [6, 6.07) is 11.0. The third-order valence-electron chi connectivity index (χ3n) is 4.43. The van der Waals surface area contributed by atoms with Gasteiger partial charge in [0.2, 0.25) is 23.8 Å². The molecule has 2 aromatic carbocycles. The molecular weight excluding hydrogens is 420 g/mol. The van der Waals surface area contributed by atoms with E-state index in [2.05, 4.69) is 26.2 Å². The zero-order valence-electron chi connectivity index (χ0n) is 16.9. The van der Waals surface area contributed by atoms with Crippen molar-refractivity contribution in [2.24, 2.45) is 0 Å². The summed E-state index contributed by atoms with van der Waals surface area (Å²) in [6.45, 7) is 3.97. The molecule has 0 atom stereocenters. The molecule has 1 aliphatic heterocycles. The number of aryl methyl sites for hydroxylation is 1. The summed E-state index contributed by atoms with van der Waals surface area (Å²) in [7, 11) is 0. The number of nitrogens with one attached hydrogen (secondary N) is 2. The second kappa shape index (κ2) is 9.04. The van der Waals surface area contributed by atoms with Gasteiger partial charge in [0.1, 0.15) is 0 Å². The van der Waals surface area contributed by atoms with Crippen molar-refractivity contribution in [2.45, 2.75) is 25.5 Å². The summed E-state index contributed by atoms with van der Waals surface area (Å²) in [4.78, 5) is 23.7. The molecule has 1 aromatic heterocycles.